The molecule has 0 bridgehead atoms. The third-order valence-corrected chi connectivity index (χ3v) is 3.80. The molecule has 0 aromatic carbocycles. The van der Waals surface area contributed by atoms with Crippen LogP contribution >= 0.6 is 0 Å². The van der Waals surface area contributed by atoms with E-state index >= 15 is 0 Å². The zero-order valence-corrected chi connectivity index (χ0v) is 12.5. The second kappa shape index (κ2) is 6.05. The minimum Gasteiger partial charge on any atom is -0.0989 e. The molecule has 0 nitrogen and oxygen atoms in total. The van der Waals surface area contributed by atoms with E-state index in [1.165, 1.54) is 5.57 Å². The summed E-state index contributed by atoms with van der Waals surface area (Å²) in [6.07, 6.45) is 3.46. The fourth-order valence-electron chi connectivity index (χ4n) is 1.96. The van der Waals surface area contributed by atoms with Crippen molar-refractivity contribution in [3.63, 3.8) is 0 Å². The van der Waals surface area contributed by atoms with Crippen molar-refractivity contribution < 1.29 is 0 Å². The minimum atomic E-state index is -0.157. The van der Waals surface area contributed by atoms with E-state index in [4.69, 9.17) is 0 Å². The van der Waals surface area contributed by atoms with Gasteiger partial charge in [-0.15, -0.1) is 0 Å². The van der Waals surface area contributed by atoms with Gasteiger partial charge in [0.05, 0.1) is 0 Å². The first-order chi connectivity index (χ1) is 7.67. The molecular weight excluding hydrogens is 204 g/mol. The van der Waals surface area contributed by atoms with Crippen LogP contribution in [-0.4, -0.2) is 0 Å². The maximum Gasteiger partial charge on any atom is 0.0331 e. The molecule has 0 aliphatic rings. The van der Waals surface area contributed by atoms with E-state index < -0.39 is 0 Å². The van der Waals surface area contributed by atoms with Gasteiger partial charge in [-0.1, -0.05) is 62.8 Å². The lowest BCUT2D eigenvalue weighted by molar-refractivity contribution is 0.568. The number of hydrogen-bond donors (Lipinski definition) is 0. The summed E-state index contributed by atoms with van der Waals surface area (Å²) in [5, 5.41) is 0. The average molecular weight is 232 g/mol. The van der Waals surface area contributed by atoms with E-state index in [9.17, 15) is 0 Å². The topological polar surface area (TPSA) is 0 Å². The molecule has 0 N–H and O–H groups in total. The molecule has 0 spiro atoms. The van der Waals surface area contributed by atoms with Gasteiger partial charge in [0.1, 0.15) is 0 Å². The van der Waals surface area contributed by atoms with Gasteiger partial charge in [-0.25, -0.2) is 0 Å². The fourth-order valence-corrected chi connectivity index (χ4v) is 1.96. The summed E-state index contributed by atoms with van der Waals surface area (Å²) in [5.41, 5.74) is 4.48. The zero-order valence-electron chi connectivity index (χ0n) is 12.5. The summed E-state index contributed by atoms with van der Waals surface area (Å²) in [5.74, 6) is 0.555. The lowest BCUT2D eigenvalue weighted by Gasteiger charge is -2.35. The summed E-state index contributed by atoms with van der Waals surface area (Å²) in [4.78, 5) is 0. The molecule has 0 fully saturated rings. The first-order valence-corrected chi connectivity index (χ1v) is 6.38. The van der Waals surface area contributed by atoms with Gasteiger partial charge in [-0.05, 0) is 39.2 Å². The van der Waals surface area contributed by atoms with Crippen LogP contribution in [0.5, 0.6) is 0 Å². The van der Waals surface area contributed by atoms with Crippen molar-refractivity contribution in [2.45, 2.75) is 48.0 Å². The Kier molecular flexibility index (Phi) is 5.68. The van der Waals surface area contributed by atoms with Crippen LogP contribution in [0.4, 0.5) is 0 Å². The molecule has 0 heteroatoms. The van der Waals surface area contributed by atoms with Crippen LogP contribution in [0.1, 0.15) is 48.0 Å². The Morgan fingerprint density at radius 2 is 1.53 bits per heavy atom. The molecule has 0 heterocycles. The highest BCUT2D eigenvalue weighted by atomic mass is 14.3. The Hall–Kier alpha value is -1.04. The predicted molar refractivity (Wildman–Crippen MR) is 80.1 cm³/mol. The number of rotatable bonds is 6. The van der Waals surface area contributed by atoms with Gasteiger partial charge in [0.15, 0.2) is 0 Å². The SMILES string of the molecule is C=C(C)C(=CC(C)CC)C(C)(C(=C)C)C(=C)C. The Morgan fingerprint density at radius 3 is 1.76 bits per heavy atom. The molecule has 1 atom stereocenters. The fraction of sp³-hybridized carbons (Fsp3) is 0.529. The molecular formula is C17H28. The molecule has 0 saturated carbocycles. The molecule has 0 aromatic rings. The predicted octanol–water partition coefficient (Wildman–Crippen LogP) is 5.69. The second-order valence-electron chi connectivity index (χ2n) is 5.43. The van der Waals surface area contributed by atoms with Crippen LogP contribution in [0, 0.1) is 11.3 Å². The van der Waals surface area contributed by atoms with Crippen molar-refractivity contribution in [1.82, 2.24) is 0 Å². The van der Waals surface area contributed by atoms with Crippen molar-refractivity contribution in [3.8, 4) is 0 Å². The summed E-state index contributed by atoms with van der Waals surface area (Å²) in [6, 6.07) is 0. The van der Waals surface area contributed by atoms with E-state index in [1.807, 2.05) is 0 Å². The number of hydrogen-bond acceptors (Lipinski definition) is 0. The maximum atomic E-state index is 4.14. The van der Waals surface area contributed by atoms with E-state index in [-0.39, 0.29) is 5.41 Å². The monoisotopic (exact) mass is 232 g/mol. The van der Waals surface area contributed by atoms with Crippen molar-refractivity contribution >= 4 is 0 Å². The molecule has 0 aliphatic heterocycles. The van der Waals surface area contributed by atoms with Gasteiger partial charge >= 0.3 is 0 Å². The third kappa shape index (κ3) is 3.46. The Bertz CT molecular complexity index is 338. The van der Waals surface area contributed by atoms with Crippen LogP contribution in [0.3, 0.4) is 0 Å². The quantitative estimate of drug-likeness (QED) is 0.407. The molecule has 0 saturated heterocycles. The molecule has 0 aromatic heterocycles. The molecule has 96 valence electrons. The molecule has 1 unspecified atom stereocenters. The van der Waals surface area contributed by atoms with Gasteiger partial charge in [0.2, 0.25) is 0 Å². The lowest BCUT2D eigenvalue weighted by Crippen LogP contribution is -2.23. The minimum absolute atomic E-state index is 0.157. The van der Waals surface area contributed by atoms with Gasteiger partial charge in [0.25, 0.3) is 0 Å². The average Bonchev–Trinajstić information content (AvgIpc) is 2.23. The van der Waals surface area contributed by atoms with Gasteiger partial charge in [-0.3, -0.25) is 0 Å². The van der Waals surface area contributed by atoms with Gasteiger partial charge in [-0.2, -0.15) is 0 Å². The van der Waals surface area contributed by atoms with Gasteiger partial charge in [0, 0.05) is 5.41 Å². The highest BCUT2D eigenvalue weighted by Gasteiger charge is 2.31. The Labute approximate surface area is 108 Å². The first kappa shape index (κ1) is 16.0. The largest absolute Gasteiger partial charge is 0.0989 e. The van der Waals surface area contributed by atoms with Crippen molar-refractivity contribution in [3.05, 3.63) is 48.1 Å². The first-order valence-electron chi connectivity index (χ1n) is 6.38. The molecule has 0 aliphatic carbocycles. The van der Waals surface area contributed by atoms with Crippen LogP contribution in [0.2, 0.25) is 0 Å². The van der Waals surface area contributed by atoms with E-state index in [1.54, 1.807) is 0 Å². The maximum absolute atomic E-state index is 4.14. The summed E-state index contributed by atoms with van der Waals surface area (Å²) in [7, 11) is 0. The summed E-state index contributed by atoms with van der Waals surface area (Å²) >= 11 is 0. The van der Waals surface area contributed by atoms with Crippen LogP contribution in [-0.2, 0) is 0 Å². The second-order valence-corrected chi connectivity index (χ2v) is 5.43. The van der Waals surface area contributed by atoms with Crippen LogP contribution in [0.25, 0.3) is 0 Å². The smallest absolute Gasteiger partial charge is 0.0331 e. The van der Waals surface area contributed by atoms with Crippen molar-refractivity contribution in [2.24, 2.45) is 11.3 Å². The van der Waals surface area contributed by atoms with E-state index in [2.05, 4.69) is 67.4 Å². The van der Waals surface area contributed by atoms with Crippen molar-refractivity contribution in [1.29, 1.82) is 0 Å². The lowest BCUT2D eigenvalue weighted by atomic mass is 9.69. The summed E-state index contributed by atoms with van der Waals surface area (Å²) in [6.45, 7) is 25.3. The van der Waals surface area contributed by atoms with Crippen molar-refractivity contribution in [2.75, 3.05) is 0 Å². The van der Waals surface area contributed by atoms with E-state index in [0.717, 1.165) is 23.1 Å². The van der Waals surface area contributed by atoms with Crippen LogP contribution in [0.15, 0.2) is 48.1 Å². The molecule has 0 rings (SSSR count). The highest BCUT2D eigenvalue weighted by molar-refractivity contribution is 5.45. The Morgan fingerprint density at radius 1 is 1.12 bits per heavy atom. The van der Waals surface area contributed by atoms with Gasteiger partial charge < -0.3 is 0 Å². The summed E-state index contributed by atoms with van der Waals surface area (Å²) < 4.78 is 0. The zero-order chi connectivity index (χ0) is 13.8. The normalized spacial score (nSPS) is 14.4. The molecule has 17 heavy (non-hydrogen) atoms. The standard InChI is InChI=1S/C17H28/c1-10-15(8)11-16(12(2)3)17(9,13(4)5)14(6)7/h11,15H,2,4,6,10H2,1,3,5,7-9H3. The Balaban J connectivity index is 5.74. The molecule has 0 amide bonds. The van der Waals surface area contributed by atoms with Crippen LogP contribution < -0.4 is 0 Å². The number of allylic oxidation sites excluding steroid dienone is 5. The molecule has 0 radical (unpaired) electrons. The van der Waals surface area contributed by atoms with E-state index in [0.29, 0.717) is 5.92 Å². The highest BCUT2D eigenvalue weighted by Crippen LogP contribution is 2.43. The third-order valence-electron chi connectivity index (χ3n) is 3.80.